The molecule has 0 fully saturated rings. The van der Waals surface area contributed by atoms with Crippen LogP contribution in [-0.2, 0) is 0 Å². The molecule has 0 heterocycles. The molecule has 1 aliphatic rings. The van der Waals surface area contributed by atoms with E-state index in [1.54, 1.807) is 66.7 Å². The monoisotopic (exact) mass is 327 g/mol. The Bertz CT molecular complexity index is 1020. The number of rotatable bonds is 2. The molecule has 1 aliphatic carbocycles. The first-order valence-corrected chi connectivity index (χ1v) is 7.84. The molecule has 25 heavy (non-hydrogen) atoms. The molecule has 0 saturated carbocycles. The number of hydrogen-bond donors (Lipinski definition) is 1. The van der Waals surface area contributed by atoms with E-state index in [1.807, 2.05) is 6.07 Å². The van der Waals surface area contributed by atoms with Crippen molar-refractivity contribution in [2.24, 2.45) is 0 Å². The first-order valence-electron chi connectivity index (χ1n) is 7.84. The quantitative estimate of drug-likeness (QED) is 0.610. The highest BCUT2D eigenvalue weighted by atomic mass is 16.2. The summed E-state index contributed by atoms with van der Waals surface area (Å²) in [4.78, 5) is 38.0. The van der Waals surface area contributed by atoms with E-state index >= 15 is 0 Å². The Hall–Kier alpha value is -3.53. The summed E-state index contributed by atoms with van der Waals surface area (Å²) in [6, 6.07) is 20.4. The van der Waals surface area contributed by atoms with Crippen molar-refractivity contribution in [2.45, 2.75) is 0 Å². The molecule has 0 aromatic heterocycles. The molecular weight excluding hydrogens is 314 g/mol. The average Bonchev–Trinajstić information content (AvgIpc) is 2.66. The van der Waals surface area contributed by atoms with E-state index in [-0.39, 0.29) is 23.0 Å². The molecule has 1 N–H and O–H groups in total. The minimum atomic E-state index is -0.326. The number of hydrogen-bond acceptors (Lipinski definition) is 3. The largest absolute Gasteiger partial charge is 0.321 e. The molecule has 0 spiro atoms. The molecule has 4 nitrogen and oxygen atoms in total. The lowest BCUT2D eigenvalue weighted by Gasteiger charge is -2.20. The number of ketones is 2. The van der Waals surface area contributed by atoms with Gasteiger partial charge in [-0.3, -0.25) is 14.4 Å². The van der Waals surface area contributed by atoms with Crippen LogP contribution in [0.5, 0.6) is 0 Å². The zero-order chi connectivity index (χ0) is 17.4. The second-order valence-corrected chi connectivity index (χ2v) is 5.75. The lowest BCUT2D eigenvalue weighted by Crippen LogP contribution is -2.23. The maximum atomic E-state index is 12.9. The van der Waals surface area contributed by atoms with E-state index in [9.17, 15) is 14.4 Å². The summed E-state index contributed by atoms with van der Waals surface area (Å²) in [5.74, 6) is -0.789. The smallest absolute Gasteiger partial charge is 0.255 e. The van der Waals surface area contributed by atoms with Crippen LogP contribution in [0.3, 0.4) is 0 Å². The van der Waals surface area contributed by atoms with E-state index in [4.69, 9.17) is 0 Å². The maximum Gasteiger partial charge on any atom is 0.255 e. The van der Waals surface area contributed by atoms with Crippen molar-refractivity contribution in [2.75, 3.05) is 5.32 Å². The third kappa shape index (κ3) is 2.44. The number of benzene rings is 3. The first-order chi connectivity index (χ1) is 12.2. The predicted octanol–water partition coefficient (Wildman–Crippen LogP) is 3.71. The first kappa shape index (κ1) is 15.0. The van der Waals surface area contributed by atoms with Gasteiger partial charge in [-0.1, -0.05) is 54.6 Å². The van der Waals surface area contributed by atoms with Crippen molar-refractivity contribution >= 4 is 23.2 Å². The molecule has 0 radical (unpaired) electrons. The topological polar surface area (TPSA) is 63.2 Å². The molecule has 1 amide bonds. The Kier molecular flexibility index (Phi) is 3.51. The Morgan fingerprint density at radius 2 is 1.24 bits per heavy atom. The van der Waals surface area contributed by atoms with Gasteiger partial charge in [0.1, 0.15) is 0 Å². The van der Waals surface area contributed by atoms with Crippen molar-refractivity contribution < 1.29 is 14.4 Å². The van der Waals surface area contributed by atoms with Gasteiger partial charge in [0.05, 0.1) is 11.3 Å². The van der Waals surface area contributed by atoms with Gasteiger partial charge < -0.3 is 5.32 Å². The number of anilines is 1. The van der Waals surface area contributed by atoms with Gasteiger partial charge in [0.15, 0.2) is 11.6 Å². The number of amides is 1. The fourth-order valence-electron chi connectivity index (χ4n) is 3.03. The number of fused-ring (bicyclic) bond motifs is 2. The minimum absolute atomic E-state index is 0.207. The molecule has 3 aromatic rings. The van der Waals surface area contributed by atoms with E-state index < -0.39 is 0 Å². The molecule has 0 saturated heterocycles. The predicted molar refractivity (Wildman–Crippen MR) is 94.1 cm³/mol. The lowest BCUT2D eigenvalue weighted by atomic mass is 9.83. The number of nitrogens with one attached hydrogen (secondary N) is 1. The SMILES string of the molecule is O=C(Nc1cccc2c1C(=O)c1ccccc1C2=O)c1ccccc1. The standard InChI is InChI=1S/C21H13NO3/c23-19-14-9-4-5-10-15(14)20(24)18-16(19)11-6-12-17(18)22-21(25)13-7-2-1-3-8-13/h1-12H,(H,22,25). The zero-order valence-corrected chi connectivity index (χ0v) is 13.2. The van der Waals surface area contributed by atoms with Crippen molar-refractivity contribution in [1.29, 1.82) is 0 Å². The van der Waals surface area contributed by atoms with Crippen LogP contribution in [0.1, 0.15) is 42.2 Å². The fraction of sp³-hybridized carbons (Fsp3) is 0. The molecule has 4 rings (SSSR count). The maximum absolute atomic E-state index is 12.9. The van der Waals surface area contributed by atoms with E-state index in [0.29, 0.717) is 27.9 Å². The summed E-state index contributed by atoms with van der Waals surface area (Å²) in [6.07, 6.45) is 0. The van der Waals surface area contributed by atoms with E-state index in [1.165, 1.54) is 0 Å². The van der Waals surface area contributed by atoms with Gasteiger partial charge in [-0.15, -0.1) is 0 Å². The summed E-state index contributed by atoms with van der Waals surface area (Å²) < 4.78 is 0. The average molecular weight is 327 g/mol. The van der Waals surface area contributed by atoms with E-state index in [2.05, 4.69) is 5.32 Å². The number of carbonyl (C=O) groups is 3. The molecule has 0 unspecified atom stereocenters. The summed E-state index contributed by atoms with van der Waals surface area (Å²) in [7, 11) is 0. The van der Waals surface area contributed by atoms with Gasteiger partial charge in [0, 0.05) is 22.3 Å². The second-order valence-electron chi connectivity index (χ2n) is 5.75. The van der Waals surface area contributed by atoms with Crippen LogP contribution in [0, 0.1) is 0 Å². The Labute approximate surface area is 144 Å². The zero-order valence-electron chi connectivity index (χ0n) is 13.2. The van der Waals surface area contributed by atoms with Crippen LogP contribution < -0.4 is 5.32 Å². The Morgan fingerprint density at radius 3 is 1.96 bits per heavy atom. The van der Waals surface area contributed by atoms with Crippen LogP contribution in [-0.4, -0.2) is 17.5 Å². The molecule has 120 valence electrons. The molecule has 0 atom stereocenters. The summed E-state index contributed by atoms with van der Waals surface area (Å²) in [6.45, 7) is 0. The molecule has 0 bridgehead atoms. The highest BCUT2D eigenvalue weighted by Crippen LogP contribution is 2.32. The van der Waals surface area contributed by atoms with Crippen LogP contribution in [0.2, 0.25) is 0 Å². The Morgan fingerprint density at radius 1 is 0.640 bits per heavy atom. The van der Waals surface area contributed by atoms with Crippen molar-refractivity contribution in [3.63, 3.8) is 0 Å². The van der Waals surface area contributed by atoms with Crippen LogP contribution in [0.25, 0.3) is 0 Å². The normalized spacial score (nSPS) is 12.3. The fourth-order valence-corrected chi connectivity index (χ4v) is 3.03. The van der Waals surface area contributed by atoms with Gasteiger partial charge >= 0.3 is 0 Å². The third-order valence-electron chi connectivity index (χ3n) is 4.24. The van der Waals surface area contributed by atoms with Crippen molar-refractivity contribution in [1.82, 2.24) is 0 Å². The highest BCUT2D eigenvalue weighted by Gasteiger charge is 2.31. The highest BCUT2D eigenvalue weighted by molar-refractivity contribution is 6.30. The van der Waals surface area contributed by atoms with Crippen LogP contribution in [0.15, 0.2) is 72.8 Å². The number of carbonyl (C=O) groups excluding carboxylic acids is 3. The molecule has 4 heteroatoms. The molecular formula is C21H13NO3. The lowest BCUT2D eigenvalue weighted by molar-refractivity contribution is 0.0978. The van der Waals surface area contributed by atoms with Gasteiger partial charge in [0.2, 0.25) is 0 Å². The van der Waals surface area contributed by atoms with Crippen LogP contribution >= 0.6 is 0 Å². The minimum Gasteiger partial charge on any atom is -0.321 e. The Balaban J connectivity index is 1.79. The summed E-state index contributed by atoms with van der Waals surface area (Å²) >= 11 is 0. The van der Waals surface area contributed by atoms with Gasteiger partial charge in [0.25, 0.3) is 5.91 Å². The van der Waals surface area contributed by atoms with Crippen molar-refractivity contribution in [3.05, 3.63) is 101 Å². The van der Waals surface area contributed by atoms with E-state index in [0.717, 1.165) is 0 Å². The molecule has 3 aromatic carbocycles. The van der Waals surface area contributed by atoms with Crippen molar-refractivity contribution in [3.8, 4) is 0 Å². The van der Waals surface area contributed by atoms with Gasteiger partial charge in [-0.25, -0.2) is 0 Å². The summed E-state index contributed by atoms with van der Waals surface area (Å²) in [5, 5.41) is 2.76. The molecule has 0 aliphatic heterocycles. The summed E-state index contributed by atoms with van der Waals surface area (Å²) in [5.41, 5.74) is 2.15. The van der Waals surface area contributed by atoms with Crippen LogP contribution in [0.4, 0.5) is 5.69 Å². The van der Waals surface area contributed by atoms with Gasteiger partial charge in [-0.2, -0.15) is 0 Å². The third-order valence-corrected chi connectivity index (χ3v) is 4.24. The van der Waals surface area contributed by atoms with Gasteiger partial charge in [-0.05, 0) is 18.2 Å². The second kappa shape index (κ2) is 5.83.